The maximum absolute atomic E-state index is 11.9. The molecule has 0 aliphatic carbocycles. The monoisotopic (exact) mass is 380 g/mol. The van der Waals surface area contributed by atoms with Gasteiger partial charge >= 0.3 is 0 Å². The van der Waals surface area contributed by atoms with E-state index in [1.54, 1.807) is 36.4 Å². The summed E-state index contributed by atoms with van der Waals surface area (Å²) >= 11 is 6.99. The predicted molar refractivity (Wildman–Crippen MR) is 98.5 cm³/mol. The zero-order chi connectivity index (χ0) is 18.2. The second kappa shape index (κ2) is 9.31. The minimum atomic E-state index is -0.258. The van der Waals surface area contributed by atoms with Crippen LogP contribution < -0.4 is 10.6 Å². The van der Waals surface area contributed by atoms with Gasteiger partial charge in [-0.2, -0.15) is 0 Å². The number of amides is 2. The van der Waals surface area contributed by atoms with Gasteiger partial charge in [-0.25, -0.2) is 0 Å². The van der Waals surface area contributed by atoms with Crippen LogP contribution in [0.25, 0.3) is 0 Å². The third-order valence-corrected chi connectivity index (χ3v) is 4.43. The first-order valence-electron chi connectivity index (χ1n) is 7.45. The van der Waals surface area contributed by atoms with Crippen molar-refractivity contribution in [3.63, 3.8) is 0 Å². The maximum Gasteiger partial charge on any atom is 0.250 e. The fourth-order valence-electron chi connectivity index (χ4n) is 2.00. The average Bonchev–Trinajstić information content (AvgIpc) is 3.01. The van der Waals surface area contributed by atoms with Gasteiger partial charge in [0.2, 0.25) is 11.8 Å². The fraction of sp³-hybridized carbons (Fsp3) is 0.235. The molecule has 0 unspecified atom stereocenters. The molecule has 1 aromatic carbocycles. The number of anilines is 2. The largest absolute Gasteiger partial charge is 0.375 e. The number of thiophene rings is 1. The lowest BCUT2D eigenvalue weighted by atomic mass is 10.2. The standard InChI is InChI=1S/C17H17ClN2O4S/c1-24-10-17(23)20-12-4-2-11(3-5-12)19-16(22)9-6-13(21)14-7-8-15(18)25-14/h2-5,7-8H,6,9-10H2,1H3,(H,19,22)(H,20,23). The van der Waals surface area contributed by atoms with Crippen LogP contribution in [0, 0.1) is 0 Å². The van der Waals surface area contributed by atoms with Crippen molar-refractivity contribution in [2.45, 2.75) is 12.8 Å². The maximum atomic E-state index is 11.9. The second-order valence-electron chi connectivity index (χ2n) is 5.13. The van der Waals surface area contributed by atoms with Crippen molar-refractivity contribution < 1.29 is 19.1 Å². The van der Waals surface area contributed by atoms with Crippen LogP contribution in [-0.2, 0) is 14.3 Å². The Kier molecular flexibility index (Phi) is 7.12. The molecule has 0 atom stereocenters. The molecule has 2 aromatic rings. The van der Waals surface area contributed by atoms with E-state index in [1.807, 2.05) is 0 Å². The van der Waals surface area contributed by atoms with Crippen LogP contribution in [0.3, 0.4) is 0 Å². The number of rotatable bonds is 8. The van der Waals surface area contributed by atoms with Crippen LogP contribution >= 0.6 is 22.9 Å². The SMILES string of the molecule is COCC(=O)Nc1ccc(NC(=O)CCC(=O)c2ccc(Cl)s2)cc1. The van der Waals surface area contributed by atoms with Crippen molar-refractivity contribution in [1.82, 2.24) is 0 Å². The lowest BCUT2D eigenvalue weighted by Gasteiger charge is -2.07. The molecule has 2 amide bonds. The van der Waals surface area contributed by atoms with Gasteiger partial charge in [-0.1, -0.05) is 11.6 Å². The quantitative estimate of drug-likeness (QED) is 0.685. The van der Waals surface area contributed by atoms with Gasteiger partial charge in [-0.3, -0.25) is 14.4 Å². The first-order valence-corrected chi connectivity index (χ1v) is 8.64. The van der Waals surface area contributed by atoms with Gasteiger partial charge in [-0.15, -0.1) is 11.3 Å². The molecule has 2 N–H and O–H groups in total. The van der Waals surface area contributed by atoms with Gasteiger partial charge in [0.25, 0.3) is 0 Å². The fourth-order valence-corrected chi connectivity index (χ4v) is 3.01. The Morgan fingerprint density at radius 3 is 2.08 bits per heavy atom. The normalized spacial score (nSPS) is 10.3. The molecule has 0 aliphatic rings. The summed E-state index contributed by atoms with van der Waals surface area (Å²) in [6.07, 6.45) is 0.203. The van der Waals surface area contributed by atoms with Crippen LogP contribution in [0.1, 0.15) is 22.5 Å². The molecule has 0 saturated carbocycles. The molecule has 2 rings (SSSR count). The molecule has 0 aliphatic heterocycles. The van der Waals surface area contributed by atoms with E-state index in [2.05, 4.69) is 10.6 Å². The summed E-state index contributed by atoms with van der Waals surface area (Å²) in [7, 11) is 1.44. The summed E-state index contributed by atoms with van der Waals surface area (Å²) in [5.74, 6) is -0.623. The Balaban J connectivity index is 1.80. The number of hydrogen-bond donors (Lipinski definition) is 2. The Labute approximate surface area is 154 Å². The predicted octanol–water partition coefficient (Wildman–Crippen LogP) is 3.59. The number of ketones is 1. The topological polar surface area (TPSA) is 84.5 Å². The first-order chi connectivity index (χ1) is 12.0. The molecule has 0 saturated heterocycles. The second-order valence-corrected chi connectivity index (χ2v) is 6.85. The van der Waals surface area contributed by atoms with E-state index in [0.717, 1.165) is 0 Å². The number of methoxy groups -OCH3 is 1. The van der Waals surface area contributed by atoms with E-state index < -0.39 is 0 Å². The highest BCUT2D eigenvalue weighted by molar-refractivity contribution is 7.18. The summed E-state index contributed by atoms with van der Waals surface area (Å²) in [6, 6.07) is 9.99. The number of carbonyl (C=O) groups excluding carboxylic acids is 3. The number of halogens is 1. The van der Waals surface area contributed by atoms with Crippen molar-refractivity contribution >= 4 is 51.9 Å². The number of ether oxygens (including phenoxy) is 1. The summed E-state index contributed by atoms with van der Waals surface area (Å²) in [5, 5.41) is 5.36. The Morgan fingerprint density at radius 1 is 0.960 bits per heavy atom. The first kappa shape index (κ1) is 19.1. The number of benzene rings is 1. The van der Waals surface area contributed by atoms with E-state index in [-0.39, 0.29) is 37.0 Å². The lowest BCUT2D eigenvalue weighted by Crippen LogP contribution is -2.17. The lowest BCUT2D eigenvalue weighted by molar-refractivity contribution is -0.119. The van der Waals surface area contributed by atoms with Crippen LogP contribution in [0.4, 0.5) is 11.4 Å². The Morgan fingerprint density at radius 2 is 1.56 bits per heavy atom. The Hall–Kier alpha value is -2.22. The summed E-state index contributed by atoms with van der Waals surface area (Å²) in [5.41, 5.74) is 1.19. The van der Waals surface area contributed by atoms with Crippen molar-refractivity contribution in [3.05, 3.63) is 45.6 Å². The molecule has 25 heavy (non-hydrogen) atoms. The van der Waals surface area contributed by atoms with E-state index in [1.165, 1.54) is 18.4 Å². The van der Waals surface area contributed by atoms with Gasteiger partial charge < -0.3 is 15.4 Å². The molecule has 1 heterocycles. The Bertz CT molecular complexity index is 758. The number of Topliss-reactive ketones (excluding diaryl/α,β-unsaturated/α-hetero) is 1. The van der Waals surface area contributed by atoms with Gasteiger partial charge in [0.05, 0.1) is 9.21 Å². The number of hydrogen-bond acceptors (Lipinski definition) is 5. The van der Waals surface area contributed by atoms with E-state index in [9.17, 15) is 14.4 Å². The molecular weight excluding hydrogens is 364 g/mol. The summed E-state index contributed by atoms with van der Waals surface area (Å²) in [4.78, 5) is 35.8. The molecule has 0 bridgehead atoms. The van der Waals surface area contributed by atoms with Gasteiger partial charge in [0.15, 0.2) is 5.78 Å². The smallest absolute Gasteiger partial charge is 0.250 e. The molecule has 6 nitrogen and oxygen atoms in total. The highest BCUT2D eigenvalue weighted by Crippen LogP contribution is 2.23. The van der Waals surface area contributed by atoms with Crippen molar-refractivity contribution in [2.24, 2.45) is 0 Å². The minimum Gasteiger partial charge on any atom is -0.375 e. The summed E-state index contributed by atoms with van der Waals surface area (Å²) < 4.78 is 5.28. The van der Waals surface area contributed by atoms with Gasteiger partial charge in [0.1, 0.15) is 6.61 Å². The molecule has 1 aromatic heterocycles. The van der Waals surface area contributed by atoms with Crippen LogP contribution in [0.2, 0.25) is 4.34 Å². The van der Waals surface area contributed by atoms with Crippen molar-refractivity contribution in [2.75, 3.05) is 24.4 Å². The van der Waals surface area contributed by atoms with Crippen LogP contribution in [0.5, 0.6) is 0 Å². The zero-order valence-electron chi connectivity index (χ0n) is 13.5. The highest BCUT2D eigenvalue weighted by atomic mass is 35.5. The number of carbonyl (C=O) groups is 3. The van der Waals surface area contributed by atoms with E-state index in [0.29, 0.717) is 20.6 Å². The zero-order valence-corrected chi connectivity index (χ0v) is 15.1. The average molecular weight is 381 g/mol. The molecule has 0 radical (unpaired) electrons. The third-order valence-electron chi connectivity index (χ3n) is 3.15. The number of nitrogens with one attached hydrogen (secondary N) is 2. The van der Waals surface area contributed by atoms with Crippen LogP contribution in [-0.4, -0.2) is 31.3 Å². The molecular formula is C17H17ClN2O4S. The van der Waals surface area contributed by atoms with E-state index in [4.69, 9.17) is 16.3 Å². The van der Waals surface area contributed by atoms with E-state index >= 15 is 0 Å². The van der Waals surface area contributed by atoms with Crippen molar-refractivity contribution in [1.29, 1.82) is 0 Å². The van der Waals surface area contributed by atoms with Crippen molar-refractivity contribution in [3.8, 4) is 0 Å². The molecule has 8 heteroatoms. The highest BCUT2D eigenvalue weighted by Gasteiger charge is 2.11. The minimum absolute atomic E-state index is 0.0258. The molecule has 0 spiro atoms. The molecule has 0 fully saturated rings. The summed E-state index contributed by atoms with van der Waals surface area (Å²) in [6.45, 7) is -0.0258. The van der Waals surface area contributed by atoms with Crippen LogP contribution in [0.15, 0.2) is 36.4 Å². The third kappa shape index (κ3) is 6.30. The van der Waals surface area contributed by atoms with Gasteiger partial charge in [0, 0.05) is 31.3 Å². The van der Waals surface area contributed by atoms with Gasteiger partial charge in [-0.05, 0) is 36.4 Å². The molecule has 132 valence electrons.